The summed E-state index contributed by atoms with van der Waals surface area (Å²) in [5, 5.41) is 37.1. The molecule has 1 aliphatic carbocycles. The Morgan fingerprint density at radius 2 is 1.83 bits per heavy atom. The first-order chi connectivity index (χ1) is 22.5. The monoisotopic (exact) mass is 640 g/mol. The number of hydrogen-bond acceptors (Lipinski definition) is 10. The van der Waals surface area contributed by atoms with E-state index in [4.69, 9.17) is 9.47 Å². The van der Waals surface area contributed by atoms with Crippen LogP contribution in [-0.4, -0.2) is 101 Å². The number of rotatable bonds is 2. The fourth-order valence-electron chi connectivity index (χ4n) is 12.4. The predicted molar refractivity (Wildman–Crippen MR) is 171 cm³/mol. The SMILES string of the molecule is COc1c([C@@]23CCN(C)[C@@H]4CCC(=O)N(c5c(O)cccc52)[C@]43O)cc2c(c1O)N(C)[C@H]1C=C[C@@]34CCCN5CC[C@@]21[C@]53OC(=O)C4. The summed E-state index contributed by atoms with van der Waals surface area (Å²) in [7, 11) is 5.48. The van der Waals surface area contributed by atoms with Gasteiger partial charge in [0.25, 0.3) is 0 Å². The van der Waals surface area contributed by atoms with E-state index in [9.17, 15) is 24.9 Å². The van der Waals surface area contributed by atoms with Crippen molar-refractivity contribution in [3.05, 3.63) is 53.1 Å². The minimum Gasteiger partial charge on any atom is -0.506 e. The Hall–Kier alpha value is -3.80. The quantitative estimate of drug-likeness (QED) is 0.333. The lowest BCUT2D eigenvalue weighted by molar-refractivity contribution is -0.207. The molecule has 10 rings (SSSR count). The van der Waals surface area contributed by atoms with E-state index >= 15 is 0 Å². The summed E-state index contributed by atoms with van der Waals surface area (Å²) >= 11 is 0. The van der Waals surface area contributed by atoms with E-state index in [0.29, 0.717) is 48.3 Å². The Balaban J connectivity index is 1.31. The molecule has 47 heavy (non-hydrogen) atoms. The molecule has 2 aromatic carbocycles. The Bertz CT molecular complexity index is 1860. The zero-order valence-corrected chi connectivity index (χ0v) is 27.0. The maximum absolute atomic E-state index is 13.8. The fourth-order valence-corrected chi connectivity index (χ4v) is 12.4. The first kappa shape index (κ1) is 28.2. The van der Waals surface area contributed by atoms with Crippen molar-refractivity contribution in [3.8, 4) is 17.2 Å². The van der Waals surface area contributed by atoms with Crippen molar-refractivity contribution in [2.75, 3.05) is 50.6 Å². The van der Waals surface area contributed by atoms with Crippen LogP contribution in [0.25, 0.3) is 0 Å². The molecule has 0 unspecified atom stereocenters. The number of methoxy groups -OCH3 is 1. The van der Waals surface area contributed by atoms with Gasteiger partial charge in [0.05, 0.1) is 53.2 Å². The Labute approximate surface area is 272 Å². The molecule has 0 radical (unpaired) electrons. The van der Waals surface area contributed by atoms with Crippen molar-refractivity contribution in [3.63, 3.8) is 0 Å². The number of aromatic hydroxyl groups is 2. The molecule has 7 aliphatic heterocycles. The summed E-state index contributed by atoms with van der Waals surface area (Å²) in [6.07, 6.45) is 8.41. The van der Waals surface area contributed by atoms with E-state index in [0.717, 1.165) is 37.9 Å². The molecule has 246 valence electrons. The van der Waals surface area contributed by atoms with Gasteiger partial charge in [0.2, 0.25) is 5.91 Å². The van der Waals surface area contributed by atoms with Gasteiger partial charge in [-0.25, -0.2) is 0 Å². The Morgan fingerprint density at radius 3 is 2.64 bits per heavy atom. The fraction of sp³-hybridized carbons (Fsp3) is 0.556. The van der Waals surface area contributed by atoms with E-state index in [1.54, 1.807) is 12.1 Å². The van der Waals surface area contributed by atoms with Crippen LogP contribution < -0.4 is 14.5 Å². The van der Waals surface area contributed by atoms with Gasteiger partial charge in [-0.2, -0.15) is 0 Å². The van der Waals surface area contributed by atoms with Crippen molar-refractivity contribution < 1.29 is 34.4 Å². The van der Waals surface area contributed by atoms with E-state index in [2.05, 4.69) is 32.9 Å². The highest BCUT2D eigenvalue weighted by atomic mass is 16.6. The number of phenolic OH excluding ortho intramolecular Hbond substituents is 2. The van der Waals surface area contributed by atoms with Gasteiger partial charge >= 0.3 is 5.97 Å². The topological polar surface area (TPSA) is 126 Å². The number of likely N-dealkylation sites (tertiary alicyclic amines) is 1. The third-order valence-electron chi connectivity index (χ3n) is 13.9. The number of amides is 1. The number of benzene rings is 2. The van der Waals surface area contributed by atoms with Crippen molar-refractivity contribution in [1.29, 1.82) is 0 Å². The third kappa shape index (κ3) is 2.62. The lowest BCUT2D eigenvalue weighted by Crippen LogP contribution is -2.75. The molecule has 5 fully saturated rings. The van der Waals surface area contributed by atoms with E-state index in [1.165, 1.54) is 12.0 Å². The minimum absolute atomic E-state index is 0.0315. The van der Waals surface area contributed by atoms with E-state index in [1.807, 2.05) is 20.2 Å². The molecule has 2 aromatic rings. The van der Waals surface area contributed by atoms with Crippen LogP contribution >= 0.6 is 0 Å². The van der Waals surface area contributed by atoms with Crippen molar-refractivity contribution in [2.45, 2.75) is 79.3 Å². The normalized spacial score (nSPS) is 40.9. The molecule has 3 N–H and O–H groups in total. The first-order valence-corrected chi connectivity index (χ1v) is 17.0. The number of likely N-dealkylation sites (N-methyl/N-ethyl adjacent to an activating group) is 2. The number of para-hydroxylation sites is 1. The second-order valence-corrected chi connectivity index (χ2v) is 15.2. The number of piperidine rings is 3. The molecular weight excluding hydrogens is 600 g/mol. The molecule has 5 saturated heterocycles. The van der Waals surface area contributed by atoms with Gasteiger partial charge in [0.1, 0.15) is 5.75 Å². The number of ether oxygens (including phenoxy) is 2. The minimum atomic E-state index is -1.77. The van der Waals surface area contributed by atoms with Crippen LogP contribution in [0.15, 0.2) is 36.4 Å². The highest BCUT2D eigenvalue weighted by Crippen LogP contribution is 2.74. The second-order valence-electron chi connectivity index (χ2n) is 15.2. The highest BCUT2D eigenvalue weighted by Gasteiger charge is 2.81. The summed E-state index contributed by atoms with van der Waals surface area (Å²) in [6.45, 7) is 2.19. The van der Waals surface area contributed by atoms with Gasteiger partial charge in [0, 0.05) is 32.1 Å². The maximum Gasteiger partial charge on any atom is 0.308 e. The number of carbonyl (C=O) groups is 2. The van der Waals surface area contributed by atoms with Crippen LogP contribution in [0.2, 0.25) is 0 Å². The maximum atomic E-state index is 13.8. The van der Waals surface area contributed by atoms with Gasteiger partial charge in [-0.3, -0.25) is 24.3 Å². The van der Waals surface area contributed by atoms with Crippen LogP contribution in [0.1, 0.15) is 61.6 Å². The molecule has 0 aromatic heterocycles. The molecule has 0 saturated carbocycles. The van der Waals surface area contributed by atoms with E-state index < -0.39 is 33.7 Å². The lowest BCUT2D eigenvalue weighted by atomic mass is 9.52. The van der Waals surface area contributed by atoms with Crippen LogP contribution in [0.3, 0.4) is 0 Å². The molecule has 11 nitrogen and oxygen atoms in total. The second kappa shape index (κ2) is 8.43. The van der Waals surface area contributed by atoms with Gasteiger partial charge in [-0.05, 0) is 69.0 Å². The van der Waals surface area contributed by atoms with E-state index in [-0.39, 0.29) is 41.6 Å². The molecule has 11 heteroatoms. The van der Waals surface area contributed by atoms with Gasteiger partial charge < -0.3 is 29.7 Å². The molecule has 1 amide bonds. The number of aliphatic hydroxyl groups is 1. The van der Waals surface area contributed by atoms with Crippen LogP contribution in [0.5, 0.6) is 17.2 Å². The third-order valence-corrected chi connectivity index (χ3v) is 13.9. The zero-order valence-electron chi connectivity index (χ0n) is 27.0. The molecular formula is C36H40N4O7. The lowest BCUT2D eigenvalue weighted by Gasteiger charge is -2.59. The zero-order chi connectivity index (χ0) is 32.5. The average molecular weight is 641 g/mol. The standard InChI is InChI=1S/C36H40N4O7/c1-37-16-13-33(20-6-4-7-23(41)28(20)40-26(42)9-8-25(37)35(33,40)45)22-18-21-29(30(44)31(22)46-3)38(2)24-10-12-32-11-5-15-39-17-14-34(21,24)36(32,39)47-27(43)19-32/h4,6-7,10,12,18,24-25,41,44-45H,5,8-9,11,13-17,19H2,1-3H3/t24-,25+,32+,33+,34+,35-,36-/m0/s1. The molecule has 7 atom stereocenters. The smallest absolute Gasteiger partial charge is 0.308 e. The molecule has 2 spiro atoms. The molecule has 0 bridgehead atoms. The first-order valence-electron chi connectivity index (χ1n) is 17.0. The largest absolute Gasteiger partial charge is 0.506 e. The number of esters is 1. The summed E-state index contributed by atoms with van der Waals surface area (Å²) in [6, 6.07) is 6.68. The van der Waals surface area contributed by atoms with Crippen molar-refractivity contribution >= 4 is 23.3 Å². The van der Waals surface area contributed by atoms with Gasteiger partial charge in [-0.1, -0.05) is 24.3 Å². The Kier molecular flexibility index (Phi) is 5.06. The average Bonchev–Trinajstić information content (AvgIpc) is 3.70. The number of hydrogen-bond donors (Lipinski definition) is 3. The number of anilines is 2. The molecule has 8 aliphatic rings. The summed E-state index contributed by atoms with van der Waals surface area (Å²) in [5.74, 6) is -0.307. The molecule has 7 heterocycles. The number of carbonyl (C=O) groups excluding carboxylic acids is 2. The van der Waals surface area contributed by atoms with Crippen LogP contribution in [-0.2, 0) is 25.2 Å². The van der Waals surface area contributed by atoms with Gasteiger partial charge in [0.15, 0.2) is 22.9 Å². The van der Waals surface area contributed by atoms with Crippen LogP contribution in [0, 0.1) is 5.41 Å². The number of nitrogens with zero attached hydrogens (tertiary/aromatic N) is 4. The van der Waals surface area contributed by atoms with Crippen molar-refractivity contribution in [2.24, 2.45) is 5.41 Å². The number of phenols is 2. The van der Waals surface area contributed by atoms with Crippen molar-refractivity contribution in [1.82, 2.24) is 9.80 Å². The summed E-state index contributed by atoms with van der Waals surface area (Å²) in [4.78, 5) is 35.3. The van der Waals surface area contributed by atoms with Gasteiger partial charge in [-0.15, -0.1) is 0 Å². The number of fused-ring (bicyclic) bond motifs is 4. The summed E-state index contributed by atoms with van der Waals surface area (Å²) in [5.41, 5.74) is -2.04. The summed E-state index contributed by atoms with van der Waals surface area (Å²) < 4.78 is 12.8. The van der Waals surface area contributed by atoms with Crippen LogP contribution in [0.4, 0.5) is 11.4 Å². The highest BCUT2D eigenvalue weighted by molar-refractivity contribution is 6.02. The predicted octanol–water partition coefficient (Wildman–Crippen LogP) is 2.68. The Morgan fingerprint density at radius 1 is 1.00 bits per heavy atom.